The average molecular weight is 427 g/mol. The largest absolute Gasteiger partial charge is 0.329 e. The van der Waals surface area contributed by atoms with Crippen LogP contribution >= 0.6 is 11.6 Å². The molecule has 156 valence electrons. The molecule has 8 heteroatoms. The highest BCUT2D eigenvalue weighted by atomic mass is 35.5. The fourth-order valence-electron chi connectivity index (χ4n) is 4.15. The highest BCUT2D eigenvalue weighted by molar-refractivity contribution is 6.30. The van der Waals surface area contributed by atoms with Crippen molar-refractivity contribution in [2.45, 2.75) is 38.4 Å². The van der Waals surface area contributed by atoms with Crippen LogP contribution in [0.3, 0.4) is 0 Å². The van der Waals surface area contributed by atoms with E-state index in [-0.39, 0.29) is 49.8 Å². The maximum Gasteiger partial charge on any atom is 0.251 e. The van der Waals surface area contributed by atoms with Crippen molar-refractivity contribution in [2.24, 2.45) is 0 Å². The molecule has 0 N–H and O–H groups in total. The Hall–Kier alpha value is -2.93. The molecule has 1 unspecified atom stereocenters. The normalized spacial score (nSPS) is 22.0. The van der Waals surface area contributed by atoms with Gasteiger partial charge in [0.1, 0.15) is 17.9 Å². The first-order chi connectivity index (χ1) is 14.3. The van der Waals surface area contributed by atoms with Gasteiger partial charge < -0.3 is 9.80 Å². The second kappa shape index (κ2) is 7.72. The second-order valence-corrected chi connectivity index (χ2v) is 8.45. The van der Waals surface area contributed by atoms with Gasteiger partial charge in [-0.05, 0) is 43.7 Å². The molecule has 4 rings (SSSR count). The van der Waals surface area contributed by atoms with Gasteiger partial charge in [-0.3, -0.25) is 19.3 Å². The molecule has 2 fully saturated rings. The number of hydrogen-bond acceptors (Lipinski definition) is 4. The molecule has 1 spiro atoms. The molecule has 3 amide bonds. The molecule has 1 aromatic heterocycles. The summed E-state index contributed by atoms with van der Waals surface area (Å²) < 4.78 is 0. The minimum Gasteiger partial charge on any atom is -0.329 e. The molecule has 2 aliphatic heterocycles. The number of amides is 3. The van der Waals surface area contributed by atoms with Gasteiger partial charge in [-0.1, -0.05) is 29.8 Å². The quantitative estimate of drug-likeness (QED) is 0.752. The summed E-state index contributed by atoms with van der Waals surface area (Å²) in [5.41, 5.74) is -0.407. The zero-order chi connectivity index (χ0) is 21.5. The molecular weight excluding hydrogens is 404 g/mol. The van der Waals surface area contributed by atoms with Crippen LogP contribution < -0.4 is 4.90 Å². The molecule has 0 saturated carbocycles. The van der Waals surface area contributed by atoms with Crippen LogP contribution in [0, 0.1) is 0 Å². The van der Waals surface area contributed by atoms with E-state index in [0.717, 1.165) is 5.56 Å². The predicted molar refractivity (Wildman–Crippen MR) is 113 cm³/mol. The van der Waals surface area contributed by atoms with Crippen LogP contribution in [-0.4, -0.2) is 57.2 Å². The van der Waals surface area contributed by atoms with E-state index in [2.05, 4.69) is 4.98 Å². The van der Waals surface area contributed by atoms with Crippen LogP contribution in [0.25, 0.3) is 0 Å². The topological polar surface area (TPSA) is 73.8 Å². The van der Waals surface area contributed by atoms with Crippen LogP contribution in [-0.2, 0) is 20.9 Å². The fourth-order valence-corrected chi connectivity index (χ4v) is 4.28. The van der Waals surface area contributed by atoms with Crippen LogP contribution in [0.4, 0.5) is 5.82 Å². The number of nitrogens with zero attached hydrogens (tertiary/aromatic N) is 4. The maximum absolute atomic E-state index is 13.6. The number of hydrogen-bond donors (Lipinski definition) is 0. The van der Waals surface area contributed by atoms with Crippen LogP contribution in [0.15, 0.2) is 48.7 Å². The minimum absolute atomic E-state index is 0.00359. The van der Waals surface area contributed by atoms with Gasteiger partial charge in [-0.15, -0.1) is 0 Å². The van der Waals surface area contributed by atoms with Gasteiger partial charge in [0.05, 0.1) is 13.0 Å². The molecule has 3 heterocycles. The third kappa shape index (κ3) is 3.43. The molecule has 7 nitrogen and oxygen atoms in total. The molecule has 1 aromatic carbocycles. The van der Waals surface area contributed by atoms with Gasteiger partial charge >= 0.3 is 0 Å². The van der Waals surface area contributed by atoms with E-state index in [0.29, 0.717) is 10.8 Å². The number of pyridine rings is 1. The monoisotopic (exact) mass is 426 g/mol. The van der Waals surface area contributed by atoms with Gasteiger partial charge in [-0.2, -0.15) is 0 Å². The first-order valence-corrected chi connectivity index (χ1v) is 10.3. The Kier molecular flexibility index (Phi) is 5.24. The Bertz CT molecular complexity index is 980. The zero-order valence-electron chi connectivity index (χ0n) is 16.9. The number of benzene rings is 1. The first-order valence-electron chi connectivity index (χ1n) is 9.89. The molecule has 2 saturated heterocycles. The molecular formula is C22H23ClN4O3. The third-order valence-electron chi connectivity index (χ3n) is 5.75. The summed E-state index contributed by atoms with van der Waals surface area (Å²) in [5.74, 6) is -0.110. The number of halogens is 1. The van der Waals surface area contributed by atoms with Crippen molar-refractivity contribution in [3.63, 3.8) is 0 Å². The van der Waals surface area contributed by atoms with Gasteiger partial charge in [0, 0.05) is 23.8 Å². The number of piperazine rings is 1. The molecule has 0 aliphatic carbocycles. The SMILES string of the molecule is CC(C)N1CC(=O)N(Cc2ccc(Cl)cc2)C2(CC(=O)N(c3ccccn3)C2)C1=O. The van der Waals surface area contributed by atoms with Crippen molar-refractivity contribution in [1.29, 1.82) is 0 Å². The van der Waals surface area contributed by atoms with Gasteiger partial charge in [-0.25, -0.2) is 4.98 Å². The van der Waals surface area contributed by atoms with Crippen molar-refractivity contribution in [3.8, 4) is 0 Å². The molecule has 1 atom stereocenters. The number of aromatic nitrogens is 1. The van der Waals surface area contributed by atoms with Crippen LogP contribution in [0.1, 0.15) is 25.8 Å². The van der Waals surface area contributed by atoms with Crippen molar-refractivity contribution < 1.29 is 14.4 Å². The van der Waals surface area contributed by atoms with Crippen molar-refractivity contribution in [1.82, 2.24) is 14.8 Å². The van der Waals surface area contributed by atoms with Crippen LogP contribution in [0.2, 0.25) is 5.02 Å². The Balaban J connectivity index is 1.74. The molecule has 2 aromatic rings. The lowest BCUT2D eigenvalue weighted by Gasteiger charge is -2.48. The Morgan fingerprint density at radius 2 is 1.80 bits per heavy atom. The maximum atomic E-state index is 13.6. The summed E-state index contributed by atoms with van der Waals surface area (Å²) in [6.45, 7) is 4.08. The molecule has 30 heavy (non-hydrogen) atoms. The summed E-state index contributed by atoms with van der Waals surface area (Å²) >= 11 is 5.99. The second-order valence-electron chi connectivity index (χ2n) is 8.01. The van der Waals surface area contributed by atoms with E-state index in [1.54, 1.807) is 46.3 Å². The lowest BCUT2D eigenvalue weighted by atomic mass is 9.89. The van der Waals surface area contributed by atoms with Crippen LogP contribution in [0.5, 0.6) is 0 Å². The van der Waals surface area contributed by atoms with E-state index in [1.165, 1.54) is 4.90 Å². The summed E-state index contributed by atoms with van der Waals surface area (Å²) in [5, 5.41) is 0.595. The smallest absolute Gasteiger partial charge is 0.251 e. The summed E-state index contributed by atoms with van der Waals surface area (Å²) in [6, 6.07) is 12.3. The number of rotatable bonds is 4. The van der Waals surface area contributed by atoms with E-state index in [9.17, 15) is 14.4 Å². The highest BCUT2D eigenvalue weighted by Gasteiger charge is 2.59. The van der Waals surface area contributed by atoms with Gasteiger partial charge in [0.2, 0.25) is 11.8 Å². The van der Waals surface area contributed by atoms with E-state index in [1.807, 2.05) is 26.0 Å². The van der Waals surface area contributed by atoms with E-state index < -0.39 is 5.54 Å². The Labute approximate surface area is 180 Å². The Morgan fingerprint density at radius 3 is 2.43 bits per heavy atom. The lowest BCUT2D eigenvalue weighted by Crippen LogP contribution is -2.69. The first kappa shape index (κ1) is 20.3. The fraction of sp³-hybridized carbons (Fsp3) is 0.364. The van der Waals surface area contributed by atoms with Gasteiger partial charge in [0.25, 0.3) is 5.91 Å². The minimum atomic E-state index is -1.26. The number of anilines is 1. The van der Waals surface area contributed by atoms with Gasteiger partial charge in [0.15, 0.2) is 0 Å². The molecule has 0 bridgehead atoms. The summed E-state index contributed by atoms with van der Waals surface area (Å²) in [4.78, 5) is 48.7. The standard InChI is InChI=1S/C22H23ClN4O3/c1-15(2)25-13-20(29)27(12-16-6-8-17(23)9-7-16)22(21(25)30)11-19(28)26(14-22)18-5-3-4-10-24-18/h3-10,15H,11-14H2,1-2H3. The molecule has 2 aliphatic rings. The predicted octanol–water partition coefficient (Wildman–Crippen LogP) is 2.49. The zero-order valence-corrected chi connectivity index (χ0v) is 17.7. The average Bonchev–Trinajstić information content (AvgIpc) is 3.08. The van der Waals surface area contributed by atoms with E-state index in [4.69, 9.17) is 11.6 Å². The van der Waals surface area contributed by atoms with Crippen molar-refractivity contribution >= 4 is 35.1 Å². The van der Waals surface area contributed by atoms with Crippen molar-refractivity contribution in [3.05, 3.63) is 59.2 Å². The molecule has 0 radical (unpaired) electrons. The van der Waals surface area contributed by atoms with Crippen molar-refractivity contribution in [2.75, 3.05) is 18.0 Å². The number of carbonyl (C=O) groups excluding carboxylic acids is 3. The summed E-state index contributed by atoms with van der Waals surface area (Å²) in [6.07, 6.45) is 1.54. The number of carbonyl (C=O) groups is 3. The van der Waals surface area contributed by atoms with E-state index >= 15 is 0 Å². The Morgan fingerprint density at radius 1 is 1.07 bits per heavy atom. The lowest BCUT2D eigenvalue weighted by molar-refractivity contribution is -0.166. The summed E-state index contributed by atoms with van der Waals surface area (Å²) in [7, 11) is 0. The third-order valence-corrected chi connectivity index (χ3v) is 6.00. The highest BCUT2D eigenvalue weighted by Crippen LogP contribution is 2.37.